The van der Waals surface area contributed by atoms with Gasteiger partial charge in [-0.1, -0.05) is 41.7 Å². The van der Waals surface area contributed by atoms with Crippen molar-refractivity contribution in [3.05, 3.63) is 36.0 Å². The number of nitrogens with one attached hydrogen (secondary N) is 2. The normalized spacial score (nSPS) is 12.9. The van der Waals surface area contributed by atoms with Crippen LogP contribution in [0.1, 0.15) is 12.6 Å². The van der Waals surface area contributed by atoms with Crippen LogP contribution >= 0.6 is 11.3 Å². The molecule has 0 aliphatic heterocycles. The second kappa shape index (κ2) is 6.55. The molecule has 0 fully saturated rings. The van der Waals surface area contributed by atoms with Crippen LogP contribution in [0.3, 0.4) is 0 Å². The SMILES string of the molecule is Cc1nc(NC(=O)[C@@H](C)NS(C)(=O)=O)sc1-c1ccccc1. The summed E-state index contributed by atoms with van der Waals surface area (Å²) in [5, 5.41) is 3.08. The van der Waals surface area contributed by atoms with Gasteiger partial charge >= 0.3 is 0 Å². The molecule has 0 radical (unpaired) electrons. The fourth-order valence-corrected chi connectivity index (χ4v) is 3.62. The molecule has 1 atom stereocenters. The molecule has 118 valence electrons. The first-order valence-corrected chi connectivity index (χ1v) is 9.28. The third-order valence-corrected chi connectivity index (χ3v) is 4.75. The van der Waals surface area contributed by atoms with E-state index in [1.165, 1.54) is 18.3 Å². The molecule has 0 saturated carbocycles. The van der Waals surface area contributed by atoms with E-state index >= 15 is 0 Å². The van der Waals surface area contributed by atoms with Gasteiger partial charge in [-0.3, -0.25) is 4.79 Å². The molecular formula is C14H17N3O3S2. The van der Waals surface area contributed by atoms with Gasteiger partial charge < -0.3 is 5.32 Å². The highest BCUT2D eigenvalue weighted by Crippen LogP contribution is 2.32. The highest BCUT2D eigenvalue weighted by Gasteiger charge is 2.19. The number of anilines is 1. The van der Waals surface area contributed by atoms with Crippen molar-refractivity contribution in [2.24, 2.45) is 0 Å². The predicted molar refractivity (Wildman–Crippen MR) is 88.4 cm³/mol. The summed E-state index contributed by atoms with van der Waals surface area (Å²) in [6.45, 7) is 3.35. The molecule has 1 aromatic heterocycles. The molecule has 2 N–H and O–H groups in total. The van der Waals surface area contributed by atoms with Crippen LogP contribution in [0.5, 0.6) is 0 Å². The van der Waals surface area contributed by atoms with E-state index in [-0.39, 0.29) is 0 Å². The Labute approximate surface area is 133 Å². The number of thiazole rings is 1. The lowest BCUT2D eigenvalue weighted by molar-refractivity contribution is -0.117. The Bertz CT molecular complexity index is 770. The minimum Gasteiger partial charge on any atom is -0.301 e. The average molecular weight is 339 g/mol. The Morgan fingerprint density at radius 3 is 2.50 bits per heavy atom. The first kappa shape index (κ1) is 16.6. The second-order valence-corrected chi connectivity index (χ2v) is 7.68. The van der Waals surface area contributed by atoms with Gasteiger partial charge in [0.2, 0.25) is 15.9 Å². The molecule has 2 aromatic rings. The minimum atomic E-state index is -3.43. The van der Waals surface area contributed by atoms with Gasteiger partial charge in [0.25, 0.3) is 0 Å². The Balaban J connectivity index is 2.13. The fourth-order valence-electron chi connectivity index (χ4n) is 1.90. The van der Waals surface area contributed by atoms with Crippen molar-refractivity contribution in [1.82, 2.24) is 9.71 Å². The molecule has 8 heteroatoms. The van der Waals surface area contributed by atoms with Crippen molar-refractivity contribution in [3.8, 4) is 10.4 Å². The van der Waals surface area contributed by atoms with Crippen molar-refractivity contribution in [2.45, 2.75) is 19.9 Å². The van der Waals surface area contributed by atoms with Crippen LogP contribution in [0.2, 0.25) is 0 Å². The lowest BCUT2D eigenvalue weighted by Crippen LogP contribution is -2.40. The number of hydrogen-bond donors (Lipinski definition) is 2. The molecular weight excluding hydrogens is 322 g/mol. The second-order valence-electron chi connectivity index (χ2n) is 4.90. The molecule has 1 amide bonds. The number of benzene rings is 1. The molecule has 1 aromatic carbocycles. The Hall–Kier alpha value is -1.77. The zero-order chi connectivity index (χ0) is 16.3. The Kier molecular flexibility index (Phi) is 4.94. The molecule has 2 rings (SSSR count). The van der Waals surface area contributed by atoms with E-state index in [0.29, 0.717) is 5.13 Å². The summed E-state index contributed by atoms with van der Waals surface area (Å²) in [6, 6.07) is 8.89. The quantitative estimate of drug-likeness (QED) is 0.872. The van der Waals surface area contributed by atoms with Crippen molar-refractivity contribution in [1.29, 1.82) is 0 Å². The smallest absolute Gasteiger partial charge is 0.244 e. The van der Waals surface area contributed by atoms with E-state index in [1.54, 1.807) is 0 Å². The Morgan fingerprint density at radius 1 is 1.27 bits per heavy atom. The lowest BCUT2D eigenvalue weighted by Gasteiger charge is -2.10. The number of sulfonamides is 1. The first-order chi connectivity index (χ1) is 10.3. The van der Waals surface area contributed by atoms with Gasteiger partial charge in [0.15, 0.2) is 5.13 Å². The molecule has 1 heterocycles. The van der Waals surface area contributed by atoms with Crippen molar-refractivity contribution in [3.63, 3.8) is 0 Å². The van der Waals surface area contributed by atoms with Crippen molar-refractivity contribution < 1.29 is 13.2 Å². The molecule has 0 unspecified atom stereocenters. The summed E-state index contributed by atoms with van der Waals surface area (Å²) >= 11 is 1.36. The fraction of sp³-hybridized carbons (Fsp3) is 0.286. The maximum atomic E-state index is 12.0. The van der Waals surface area contributed by atoms with Crippen LogP contribution in [0, 0.1) is 6.92 Å². The van der Waals surface area contributed by atoms with E-state index in [1.807, 2.05) is 37.3 Å². The molecule has 22 heavy (non-hydrogen) atoms. The van der Waals surface area contributed by atoms with Crippen LogP contribution in [-0.4, -0.2) is 31.6 Å². The monoisotopic (exact) mass is 339 g/mol. The van der Waals surface area contributed by atoms with Gasteiger partial charge in [-0.2, -0.15) is 0 Å². The largest absolute Gasteiger partial charge is 0.301 e. The highest BCUT2D eigenvalue weighted by molar-refractivity contribution is 7.88. The summed E-state index contributed by atoms with van der Waals surface area (Å²) in [6.07, 6.45) is 1.01. The molecule has 6 nitrogen and oxygen atoms in total. The number of aromatic nitrogens is 1. The zero-order valence-electron chi connectivity index (χ0n) is 12.5. The third-order valence-electron chi connectivity index (χ3n) is 2.85. The lowest BCUT2D eigenvalue weighted by atomic mass is 10.2. The van der Waals surface area contributed by atoms with E-state index in [0.717, 1.165) is 22.4 Å². The van der Waals surface area contributed by atoms with Gasteiger partial charge in [0, 0.05) is 0 Å². The number of amides is 1. The van der Waals surface area contributed by atoms with E-state index in [4.69, 9.17) is 0 Å². The number of nitrogens with zero attached hydrogens (tertiary/aromatic N) is 1. The van der Waals surface area contributed by atoms with Crippen LogP contribution < -0.4 is 10.0 Å². The van der Waals surface area contributed by atoms with Crippen LogP contribution in [-0.2, 0) is 14.8 Å². The number of rotatable bonds is 5. The molecule has 0 spiro atoms. The topological polar surface area (TPSA) is 88.2 Å². The minimum absolute atomic E-state index is 0.446. The average Bonchev–Trinajstić information content (AvgIpc) is 2.78. The summed E-state index contributed by atoms with van der Waals surface area (Å²) < 4.78 is 24.5. The van der Waals surface area contributed by atoms with E-state index in [2.05, 4.69) is 15.0 Å². The summed E-state index contributed by atoms with van der Waals surface area (Å²) in [7, 11) is -3.43. The molecule has 0 saturated heterocycles. The number of hydrogen-bond acceptors (Lipinski definition) is 5. The molecule has 0 aliphatic carbocycles. The zero-order valence-corrected chi connectivity index (χ0v) is 14.1. The standard InChI is InChI=1S/C14H17N3O3S2/c1-9-12(11-7-5-4-6-8-11)21-14(15-9)16-13(18)10(2)17-22(3,19)20/h4-8,10,17H,1-3H3,(H,15,16,18)/t10-/m1/s1. The van der Waals surface area contributed by atoms with Gasteiger partial charge in [0.05, 0.1) is 22.9 Å². The number of carbonyl (C=O) groups is 1. The van der Waals surface area contributed by atoms with Gasteiger partial charge in [-0.25, -0.2) is 18.1 Å². The van der Waals surface area contributed by atoms with Gasteiger partial charge in [-0.05, 0) is 19.4 Å². The summed E-state index contributed by atoms with van der Waals surface area (Å²) in [5.74, 6) is -0.446. The van der Waals surface area contributed by atoms with Crippen LogP contribution in [0.15, 0.2) is 30.3 Å². The van der Waals surface area contributed by atoms with Crippen LogP contribution in [0.25, 0.3) is 10.4 Å². The maximum Gasteiger partial charge on any atom is 0.244 e. The van der Waals surface area contributed by atoms with Crippen molar-refractivity contribution >= 4 is 32.4 Å². The van der Waals surface area contributed by atoms with E-state index < -0.39 is 22.0 Å². The first-order valence-electron chi connectivity index (χ1n) is 6.57. The number of aryl methyl sites for hydroxylation is 1. The van der Waals surface area contributed by atoms with Gasteiger partial charge in [-0.15, -0.1) is 0 Å². The molecule has 0 aliphatic rings. The van der Waals surface area contributed by atoms with Crippen molar-refractivity contribution in [2.75, 3.05) is 11.6 Å². The molecule has 0 bridgehead atoms. The van der Waals surface area contributed by atoms with E-state index in [9.17, 15) is 13.2 Å². The number of carbonyl (C=O) groups excluding carboxylic acids is 1. The summed E-state index contributed by atoms with van der Waals surface area (Å²) in [4.78, 5) is 17.3. The predicted octanol–water partition coefficient (Wildman–Crippen LogP) is 1.99. The van der Waals surface area contributed by atoms with Crippen LogP contribution in [0.4, 0.5) is 5.13 Å². The highest BCUT2D eigenvalue weighted by atomic mass is 32.2. The van der Waals surface area contributed by atoms with Gasteiger partial charge in [0.1, 0.15) is 0 Å². The maximum absolute atomic E-state index is 12.0. The summed E-state index contributed by atoms with van der Waals surface area (Å²) in [5.41, 5.74) is 1.84. The third kappa shape index (κ3) is 4.36. The Morgan fingerprint density at radius 2 is 1.91 bits per heavy atom.